The van der Waals surface area contributed by atoms with Crippen molar-refractivity contribution in [3.8, 4) is 0 Å². The Morgan fingerprint density at radius 1 is 0.944 bits per heavy atom. The lowest BCUT2D eigenvalue weighted by Gasteiger charge is -1.94. The van der Waals surface area contributed by atoms with E-state index in [1.165, 1.54) is 0 Å². The van der Waals surface area contributed by atoms with Gasteiger partial charge in [-0.2, -0.15) is 0 Å². The van der Waals surface area contributed by atoms with Crippen molar-refractivity contribution in [2.45, 2.75) is 0 Å². The lowest BCUT2D eigenvalue weighted by Crippen LogP contribution is -2.02. The normalized spacial score (nSPS) is 10.4. The van der Waals surface area contributed by atoms with Crippen molar-refractivity contribution in [2.24, 2.45) is 0 Å². The standard InChI is InChI=1S/C10H6BrN2.BF4/c11-9-3-1-8-6-10(13-12)4-2-7(8)5-9;2-1(3,4)5/h1-6H;/q+1;-1. The van der Waals surface area contributed by atoms with Gasteiger partial charge in [0.05, 0.1) is 0 Å². The summed E-state index contributed by atoms with van der Waals surface area (Å²) in [5.74, 6) is 0. The van der Waals surface area contributed by atoms with Gasteiger partial charge in [0.15, 0.2) is 4.98 Å². The highest BCUT2D eigenvalue weighted by atomic mass is 79.9. The van der Waals surface area contributed by atoms with Crippen LogP contribution in [0.5, 0.6) is 0 Å². The zero-order chi connectivity index (χ0) is 13.8. The van der Waals surface area contributed by atoms with Crippen molar-refractivity contribution < 1.29 is 17.3 Å². The van der Waals surface area contributed by atoms with Crippen LogP contribution >= 0.6 is 15.9 Å². The molecule has 0 spiro atoms. The first-order valence-electron chi connectivity index (χ1n) is 4.71. The van der Waals surface area contributed by atoms with E-state index in [2.05, 4.69) is 20.9 Å². The second-order valence-corrected chi connectivity index (χ2v) is 4.19. The molecule has 2 aromatic carbocycles. The van der Waals surface area contributed by atoms with Crippen molar-refractivity contribution >= 4 is 39.6 Å². The fraction of sp³-hybridized carbons (Fsp3) is 0. The molecule has 0 radical (unpaired) electrons. The fourth-order valence-corrected chi connectivity index (χ4v) is 1.64. The van der Waals surface area contributed by atoms with E-state index in [0.717, 1.165) is 15.2 Å². The average Bonchev–Trinajstić information content (AvgIpc) is 2.26. The zero-order valence-electron chi connectivity index (χ0n) is 8.83. The van der Waals surface area contributed by atoms with E-state index in [1.807, 2.05) is 30.3 Å². The second-order valence-electron chi connectivity index (χ2n) is 3.27. The third-order valence-electron chi connectivity index (χ3n) is 1.90. The van der Waals surface area contributed by atoms with E-state index in [1.54, 1.807) is 6.07 Å². The fourth-order valence-electron chi connectivity index (χ4n) is 1.27. The van der Waals surface area contributed by atoms with Gasteiger partial charge in [-0.25, -0.2) is 0 Å². The topological polar surface area (TPSA) is 28.1 Å². The minimum absolute atomic E-state index is 0.579. The van der Waals surface area contributed by atoms with Crippen molar-refractivity contribution in [1.82, 2.24) is 0 Å². The Bertz CT molecular complexity index is 588. The van der Waals surface area contributed by atoms with Gasteiger partial charge < -0.3 is 17.3 Å². The first kappa shape index (κ1) is 14.4. The number of hydrogen-bond donors (Lipinski definition) is 0. The van der Waals surface area contributed by atoms with Crippen molar-refractivity contribution in [1.29, 1.82) is 5.39 Å². The predicted octanol–water partition coefficient (Wildman–Crippen LogP) is 5.39. The average molecular weight is 321 g/mol. The molecular weight excluding hydrogens is 315 g/mol. The molecule has 0 aliphatic carbocycles. The molecule has 0 N–H and O–H groups in total. The monoisotopic (exact) mass is 320 g/mol. The number of rotatable bonds is 0. The Morgan fingerprint density at radius 2 is 1.44 bits per heavy atom. The highest BCUT2D eigenvalue weighted by molar-refractivity contribution is 9.10. The summed E-state index contributed by atoms with van der Waals surface area (Å²) in [7, 11) is -6.00. The minimum atomic E-state index is -6.00. The quantitative estimate of drug-likeness (QED) is 0.363. The van der Waals surface area contributed by atoms with Crippen LogP contribution in [0.25, 0.3) is 15.7 Å². The summed E-state index contributed by atoms with van der Waals surface area (Å²) in [6, 6.07) is 11.5. The van der Waals surface area contributed by atoms with Crippen LogP contribution < -0.4 is 0 Å². The highest BCUT2D eigenvalue weighted by Crippen LogP contribution is 2.24. The number of hydrogen-bond acceptors (Lipinski definition) is 1. The lowest BCUT2D eigenvalue weighted by atomic mass is 10.1. The van der Waals surface area contributed by atoms with Crippen LogP contribution in [0, 0.1) is 5.39 Å². The smallest absolute Gasteiger partial charge is 0.418 e. The van der Waals surface area contributed by atoms with E-state index in [0.29, 0.717) is 5.69 Å². The Kier molecular flexibility index (Phi) is 4.67. The van der Waals surface area contributed by atoms with Crippen LogP contribution in [0.1, 0.15) is 0 Å². The Morgan fingerprint density at radius 3 is 2.00 bits per heavy atom. The van der Waals surface area contributed by atoms with Crippen LogP contribution in [-0.4, -0.2) is 7.25 Å². The van der Waals surface area contributed by atoms with Gasteiger partial charge in [-0.3, -0.25) is 0 Å². The first-order chi connectivity index (χ1) is 8.29. The molecule has 0 aromatic heterocycles. The number of fused-ring (bicyclic) bond motifs is 1. The van der Waals surface area contributed by atoms with E-state index in [-0.39, 0.29) is 0 Å². The molecule has 0 atom stereocenters. The maximum absolute atomic E-state index is 9.75. The van der Waals surface area contributed by atoms with Gasteiger partial charge in [-0.05, 0) is 29.0 Å². The summed E-state index contributed by atoms with van der Waals surface area (Å²) in [4.78, 5) is 3.13. The summed E-state index contributed by atoms with van der Waals surface area (Å²) < 4.78 is 40.0. The number of benzene rings is 2. The molecule has 2 rings (SSSR count). The minimum Gasteiger partial charge on any atom is -0.418 e. The van der Waals surface area contributed by atoms with E-state index < -0.39 is 7.25 Å². The van der Waals surface area contributed by atoms with Gasteiger partial charge in [-0.15, -0.1) is 0 Å². The number of nitrogens with zero attached hydrogens (tertiary/aromatic N) is 2. The van der Waals surface area contributed by atoms with Gasteiger partial charge in [0.25, 0.3) is 0 Å². The van der Waals surface area contributed by atoms with Crippen LogP contribution in [0.3, 0.4) is 0 Å². The van der Waals surface area contributed by atoms with E-state index in [4.69, 9.17) is 5.39 Å². The van der Waals surface area contributed by atoms with Gasteiger partial charge in [0.2, 0.25) is 5.39 Å². The molecule has 0 amide bonds. The maximum atomic E-state index is 9.75. The third-order valence-corrected chi connectivity index (χ3v) is 2.39. The second kappa shape index (κ2) is 5.82. The van der Waals surface area contributed by atoms with Gasteiger partial charge >= 0.3 is 12.9 Å². The molecule has 2 aromatic rings. The van der Waals surface area contributed by atoms with Crippen LogP contribution in [0.2, 0.25) is 0 Å². The summed E-state index contributed by atoms with van der Waals surface area (Å²) in [5, 5.41) is 10.8. The molecule has 0 unspecified atom stereocenters. The molecular formula is C10H6BBrF4N2. The molecule has 0 saturated carbocycles. The lowest BCUT2D eigenvalue weighted by molar-refractivity contribution is 0.368. The number of diazo groups is 1. The van der Waals surface area contributed by atoms with E-state index >= 15 is 0 Å². The van der Waals surface area contributed by atoms with Gasteiger partial charge in [0.1, 0.15) is 0 Å². The molecule has 94 valence electrons. The van der Waals surface area contributed by atoms with E-state index in [9.17, 15) is 17.3 Å². The molecule has 8 heteroatoms. The molecule has 0 heterocycles. The van der Waals surface area contributed by atoms with Crippen molar-refractivity contribution in [2.75, 3.05) is 0 Å². The van der Waals surface area contributed by atoms with Gasteiger partial charge in [0, 0.05) is 16.6 Å². The Hall–Kier alpha value is -1.62. The predicted molar refractivity (Wildman–Crippen MR) is 66.6 cm³/mol. The molecule has 0 aliphatic heterocycles. The summed E-state index contributed by atoms with van der Waals surface area (Å²) in [6.07, 6.45) is 0. The third kappa shape index (κ3) is 5.14. The molecule has 0 fully saturated rings. The summed E-state index contributed by atoms with van der Waals surface area (Å²) >= 11 is 3.40. The van der Waals surface area contributed by atoms with Crippen molar-refractivity contribution in [3.05, 3.63) is 45.8 Å². The molecule has 0 bridgehead atoms. The van der Waals surface area contributed by atoms with Crippen LogP contribution in [0.4, 0.5) is 23.0 Å². The SMILES string of the molecule is F[B-](F)(F)F.N#[N+]c1ccc2cc(Br)ccc2c1. The zero-order valence-corrected chi connectivity index (χ0v) is 10.4. The summed E-state index contributed by atoms with van der Waals surface area (Å²) in [5.41, 5.74) is 0.579. The number of halogens is 5. The molecule has 0 aliphatic rings. The molecule has 2 nitrogen and oxygen atoms in total. The maximum Gasteiger partial charge on any atom is 0.673 e. The highest BCUT2D eigenvalue weighted by Gasteiger charge is 2.20. The molecule has 18 heavy (non-hydrogen) atoms. The van der Waals surface area contributed by atoms with Crippen LogP contribution in [0.15, 0.2) is 40.9 Å². The van der Waals surface area contributed by atoms with Crippen molar-refractivity contribution in [3.63, 3.8) is 0 Å². The Balaban J connectivity index is 0.000000280. The van der Waals surface area contributed by atoms with Crippen LogP contribution in [-0.2, 0) is 0 Å². The van der Waals surface area contributed by atoms with Gasteiger partial charge in [-0.1, -0.05) is 22.0 Å². The molecule has 0 saturated heterocycles. The summed E-state index contributed by atoms with van der Waals surface area (Å²) in [6.45, 7) is 0. The largest absolute Gasteiger partial charge is 0.673 e. The Labute approximate surface area is 108 Å². The first-order valence-corrected chi connectivity index (χ1v) is 5.50.